The molecular formula is C34H29N5O10S. The number of thiocarbonyl (C=S) groups is 1. The molecule has 50 heavy (non-hydrogen) atoms. The molecule has 0 bridgehead atoms. The summed E-state index contributed by atoms with van der Waals surface area (Å²) in [6, 6.07) is 18.6. The van der Waals surface area contributed by atoms with E-state index in [0.29, 0.717) is 50.9 Å². The molecule has 1 spiro atoms. The van der Waals surface area contributed by atoms with Gasteiger partial charge in [-0.05, 0) is 48.6 Å². The average molecular weight is 700 g/mol. The van der Waals surface area contributed by atoms with Crippen LogP contribution in [0.2, 0.25) is 0 Å². The van der Waals surface area contributed by atoms with Crippen LogP contribution in [0, 0.1) is 20.2 Å². The van der Waals surface area contributed by atoms with E-state index in [1.807, 2.05) is 12.1 Å². The Hall–Kier alpha value is -6.29. The lowest BCUT2D eigenvalue weighted by Gasteiger charge is -2.36. The van der Waals surface area contributed by atoms with Crippen LogP contribution >= 0.6 is 12.2 Å². The van der Waals surface area contributed by atoms with Crippen molar-refractivity contribution >= 4 is 46.3 Å². The molecule has 0 radical (unpaired) electrons. The molecule has 0 saturated heterocycles. The van der Waals surface area contributed by atoms with Gasteiger partial charge < -0.3 is 34.1 Å². The number of nitrogens with one attached hydrogen (secondary N) is 1. The van der Waals surface area contributed by atoms with Gasteiger partial charge in [-0.3, -0.25) is 25.0 Å². The molecule has 0 atom stereocenters. The largest absolute Gasteiger partial charge is 0.497 e. The molecule has 2 heterocycles. The summed E-state index contributed by atoms with van der Waals surface area (Å²) in [6.07, 6.45) is 0. The lowest BCUT2D eigenvalue weighted by molar-refractivity contribution is -0.394. The quantitative estimate of drug-likeness (QED) is 0.101. The number of likely N-dealkylation sites (N-methyl/N-ethyl adjacent to an activating group) is 2. The number of nitro benzene ring substituents is 2. The number of ether oxygens (including phenoxy) is 4. The molecule has 4 aromatic carbocycles. The normalized spacial score (nSPS) is 13.2. The number of non-ortho nitro benzene ring substituents is 2. The van der Waals surface area contributed by atoms with Crippen molar-refractivity contribution in [2.24, 2.45) is 0 Å². The number of anilines is 1. The monoisotopic (exact) mass is 699 g/mol. The van der Waals surface area contributed by atoms with Crippen molar-refractivity contribution in [1.82, 2.24) is 9.80 Å². The van der Waals surface area contributed by atoms with Crippen molar-refractivity contribution in [2.75, 3.05) is 46.7 Å². The van der Waals surface area contributed by atoms with Crippen molar-refractivity contribution in [3.8, 4) is 23.0 Å². The van der Waals surface area contributed by atoms with E-state index in [1.54, 1.807) is 68.6 Å². The minimum Gasteiger partial charge on any atom is -0.497 e. The molecule has 2 aliphatic rings. The number of hydrogen-bond acceptors (Lipinski definition) is 11. The smallest absolute Gasteiger partial charge is 0.340 e. The molecule has 0 aliphatic carbocycles. The van der Waals surface area contributed by atoms with Crippen LogP contribution in [0.25, 0.3) is 0 Å². The second-order valence-electron chi connectivity index (χ2n) is 11.5. The molecule has 16 heteroatoms. The van der Waals surface area contributed by atoms with Crippen molar-refractivity contribution < 1.29 is 38.4 Å². The van der Waals surface area contributed by atoms with Crippen LogP contribution in [0.4, 0.5) is 17.1 Å². The van der Waals surface area contributed by atoms with Crippen LogP contribution in [0.5, 0.6) is 23.0 Å². The van der Waals surface area contributed by atoms with Crippen LogP contribution in [0.15, 0.2) is 72.8 Å². The highest BCUT2D eigenvalue weighted by Gasteiger charge is 2.53. The first-order chi connectivity index (χ1) is 23.9. The number of nitro groups is 2. The lowest BCUT2D eigenvalue weighted by atomic mass is 9.77. The van der Waals surface area contributed by atoms with Gasteiger partial charge in [0.25, 0.3) is 17.3 Å². The average Bonchev–Trinajstić information content (AvgIpc) is 3.40. The van der Waals surface area contributed by atoms with E-state index in [9.17, 15) is 29.8 Å². The first-order valence-corrected chi connectivity index (χ1v) is 15.4. The van der Waals surface area contributed by atoms with Crippen LogP contribution in [0.3, 0.4) is 0 Å². The number of carbonyl (C=O) groups excluding carboxylic acids is 2. The van der Waals surface area contributed by atoms with E-state index >= 15 is 0 Å². The molecular weight excluding hydrogens is 670 g/mol. The SMILES string of the molecule is COc1ccc2c(c1)Oc1cc(OC)ccc1C21OC(=O)c2cc(NC(=S)N(C)CCN(C)C(=O)c3cc([N+](=O)[O-])cc([N+](=O)[O-])c3)ccc21. The van der Waals surface area contributed by atoms with Crippen molar-refractivity contribution in [1.29, 1.82) is 0 Å². The van der Waals surface area contributed by atoms with E-state index in [0.717, 1.165) is 18.2 Å². The summed E-state index contributed by atoms with van der Waals surface area (Å²) in [6.45, 7) is 0.366. The minimum atomic E-state index is -1.31. The number of hydrogen-bond donors (Lipinski definition) is 1. The number of amides is 1. The number of esters is 1. The Morgan fingerprint density at radius 1 is 0.820 bits per heavy atom. The maximum atomic E-state index is 13.6. The van der Waals surface area contributed by atoms with Gasteiger partial charge >= 0.3 is 5.97 Å². The predicted molar refractivity (Wildman–Crippen MR) is 183 cm³/mol. The Morgan fingerprint density at radius 3 is 1.90 bits per heavy atom. The first kappa shape index (κ1) is 33.6. The second kappa shape index (κ2) is 13.0. The third-order valence-corrected chi connectivity index (χ3v) is 8.92. The molecule has 4 aromatic rings. The minimum absolute atomic E-state index is 0.128. The summed E-state index contributed by atoms with van der Waals surface area (Å²) in [5, 5.41) is 25.9. The second-order valence-corrected chi connectivity index (χ2v) is 11.9. The lowest BCUT2D eigenvalue weighted by Crippen LogP contribution is -2.39. The number of rotatable bonds is 9. The number of methoxy groups -OCH3 is 2. The fourth-order valence-corrected chi connectivity index (χ4v) is 6.10. The number of fused-ring (bicyclic) bond motifs is 6. The molecule has 6 rings (SSSR count). The highest BCUT2D eigenvalue weighted by molar-refractivity contribution is 7.80. The maximum absolute atomic E-state index is 13.6. The Labute approximate surface area is 290 Å². The van der Waals surface area contributed by atoms with Crippen LogP contribution in [0.1, 0.15) is 37.4 Å². The number of nitrogens with zero attached hydrogens (tertiary/aromatic N) is 4. The molecule has 0 fully saturated rings. The van der Waals surface area contributed by atoms with Crippen LogP contribution in [-0.2, 0) is 10.3 Å². The van der Waals surface area contributed by atoms with Crippen molar-refractivity contribution in [2.45, 2.75) is 5.60 Å². The Bertz CT molecular complexity index is 2020. The van der Waals surface area contributed by atoms with Crippen molar-refractivity contribution in [3.05, 3.63) is 121 Å². The highest BCUT2D eigenvalue weighted by Crippen LogP contribution is 2.57. The number of benzene rings is 4. The molecule has 1 N–H and O–H groups in total. The molecule has 0 saturated carbocycles. The summed E-state index contributed by atoms with van der Waals surface area (Å²) in [7, 11) is 6.26. The van der Waals surface area contributed by atoms with E-state index in [1.165, 1.54) is 11.9 Å². The third kappa shape index (κ3) is 5.85. The van der Waals surface area contributed by atoms with Gasteiger partial charge in [-0.1, -0.05) is 6.07 Å². The third-order valence-electron chi connectivity index (χ3n) is 8.51. The van der Waals surface area contributed by atoms with Gasteiger partial charge in [-0.15, -0.1) is 0 Å². The molecule has 0 aromatic heterocycles. The van der Waals surface area contributed by atoms with E-state index < -0.39 is 38.7 Å². The Kier molecular flexibility index (Phi) is 8.71. The van der Waals surface area contributed by atoms with Gasteiger partial charge in [0, 0.05) is 73.8 Å². The first-order valence-electron chi connectivity index (χ1n) is 15.0. The predicted octanol–water partition coefficient (Wildman–Crippen LogP) is 5.49. The van der Waals surface area contributed by atoms with E-state index in [2.05, 4.69) is 5.32 Å². The Morgan fingerprint density at radius 2 is 1.36 bits per heavy atom. The summed E-state index contributed by atoms with van der Waals surface area (Å²) >= 11 is 5.59. The number of carbonyl (C=O) groups is 2. The molecule has 1 amide bonds. The van der Waals surface area contributed by atoms with E-state index in [4.69, 9.17) is 31.2 Å². The van der Waals surface area contributed by atoms with Gasteiger partial charge in [0.05, 0.1) is 41.3 Å². The van der Waals surface area contributed by atoms with Gasteiger partial charge in [-0.25, -0.2) is 4.79 Å². The van der Waals surface area contributed by atoms with E-state index in [-0.39, 0.29) is 23.8 Å². The fraction of sp³-hybridized carbons (Fsp3) is 0.206. The molecule has 0 unspecified atom stereocenters. The van der Waals surface area contributed by atoms with Gasteiger partial charge in [-0.2, -0.15) is 0 Å². The molecule has 256 valence electrons. The fourth-order valence-electron chi connectivity index (χ4n) is 5.89. The Balaban J connectivity index is 1.21. The van der Waals surface area contributed by atoms with Crippen LogP contribution < -0.4 is 19.5 Å². The summed E-state index contributed by atoms with van der Waals surface area (Å²) in [4.78, 5) is 50.4. The zero-order valence-corrected chi connectivity index (χ0v) is 27.9. The zero-order chi connectivity index (χ0) is 35.9. The standard InChI is InChI=1S/C34H29N5O10S/c1-36(31(40)19-13-21(38(42)43)16-22(14-19)39(44)45)11-12-37(2)33(50)35-20-5-8-26-25(15-20)32(41)49-34(26)27-9-6-23(46-3)17-29(27)48-30-18-24(47-4)7-10-28(30)34/h5-10,13-18H,11-12H2,1-4H3,(H,35,50). The molecule has 2 aliphatic heterocycles. The van der Waals surface area contributed by atoms with Crippen molar-refractivity contribution in [3.63, 3.8) is 0 Å². The molecule has 15 nitrogen and oxygen atoms in total. The summed E-state index contributed by atoms with van der Waals surface area (Å²) in [5.41, 5.74) is 0.0710. The zero-order valence-electron chi connectivity index (χ0n) is 27.1. The van der Waals surface area contributed by atoms with Gasteiger partial charge in [0.2, 0.25) is 0 Å². The van der Waals surface area contributed by atoms with Crippen LogP contribution in [-0.4, -0.2) is 78.0 Å². The topological polar surface area (TPSA) is 176 Å². The maximum Gasteiger partial charge on any atom is 0.340 e. The highest BCUT2D eigenvalue weighted by atomic mass is 32.1. The van der Waals surface area contributed by atoms with Gasteiger partial charge in [0.15, 0.2) is 10.7 Å². The summed E-state index contributed by atoms with van der Waals surface area (Å²) in [5.74, 6) is 0.870. The summed E-state index contributed by atoms with van der Waals surface area (Å²) < 4.78 is 23.3. The van der Waals surface area contributed by atoms with Gasteiger partial charge in [0.1, 0.15) is 23.0 Å².